The maximum Gasteiger partial charge on any atom is 0.251 e. The number of anilines is 3. The first-order chi connectivity index (χ1) is 30.3. The number of aromatic nitrogens is 3. The smallest absolute Gasteiger partial charge is 0.251 e. The lowest BCUT2D eigenvalue weighted by atomic mass is 9.60. The lowest BCUT2D eigenvalue weighted by molar-refractivity contribution is -0.151. The summed E-state index contributed by atoms with van der Waals surface area (Å²) in [4.78, 5) is 59.4. The second kappa shape index (κ2) is 18.7. The van der Waals surface area contributed by atoms with Crippen molar-refractivity contribution in [2.24, 2.45) is 11.3 Å². The molecule has 63 heavy (non-hydrogen) atoms. The molecule has 3 aliphatic heterocycles. The number of amides is 2. The van der Waals surface area contributed by atoms with Crippen LogP contribution in [0.15, 0.2) is 48.7 Å². The first-order valence-corrected chi connectivity index (χ1v) is 24.5. The second-order valence-electron chi connectivity index (χ2n) is 18.9. The Morgan fingerprint density at radius 3 is 2.44 bits per heavy atom. The molecule has 1 atom stereocenters. The maximum atomic E-state index is 16.0. The van der Waals surface area contributed by atoms with Crippen LogP contribution < -0.4 is 20.3 Å². The van der Waals surface area contributed by atoms with E-state index in [4.69, 9.17) is 9.97 Å². The number of piperidine rings is 2. The van der Waals surface area contributed by atoms with Gasteiger partial charge in [0.1, 0.15) is 11.0 Å². The van der Waals surface area contributed by atoms with Crippen LogP contribution in [0, 0.1) is 17.2 Å². The van der Waals surface area contributed by atoms with Gasteiger partial charge in [0.15, 0.2) is 12.1 Å². The topological polar surface area (TPSA) is 153 Å². The molecule has 1 spiro atoms. The number of carbonyl (C=O) groups is 3. The van der Waals surface area contributed by atoms with Gasteiger partial charge in [0.25, 0.3) is 5.91 Å². The molecular formula is C47H60FN9O4S2. The van der Waals surface area contributed by atoms with Gasteiger partial charge in [-0.15, -0.1) is 11.3 Å². The Morgan fingerprint density at radius 2 is 1.76 bits per heavy atom. The Balaban J connectivity index is 0.802. The normalized spacial score (nSPS) is 19.0. The van der Waals surface area contributed by atoms with Crippen molar-refractivity contribution in [3.63, 3.8) is 0 Å². The molecule has 3 saturated heterocycles. The van der Waals surface area contributed by atoms with E-state index in [1.165, 1.54) is 11.3 Å². The van der Waals surface area contributed by atoms with E-state index in [-0.39, 0.29) is 34.4 Å². The summed E-state index contributed by atoms with van der Waals surface area (Å²) >= 11 is 1.50. The average molecular weight is 898 g/mol. The van der Waals surface area contributed by atoms with E-state index < -0.39 is 16.8 Å². The van der Waals surface area contributed by atoms with Crippen LogP contribution in [0.4, 0.5) is 21.7 Å². The summed E-state index contributed by atoms with van der Waals surface area (Å²) in [5.74, 6) is 0.882. The molecule has 1 unspecified atom stereocenters. The van der Waals surface area contributed by atoms with Crippen LogP contribution in [-0.2, 0) is 21.2 Å². The first kappa shape index (κ1) is 44.8. The standard InChI is InChI=1S/C47H60FN9O4S2/c1-6-22-63(61)54-37-9-7-8-35(40(37)48)41-42(62-44(53-41)46(2,3)4)38-12-17-50-45(52-38)51-32-25-47(26-32)28-57(29-47)39(59)23-30-13-18-55(19-14-30)33-15-20-56(21-16-33)34-11-10-31(27-58)36(24-34)43(60)49-5/h7-12,17,24,27,30,32-33,54H,6,13-16,18-23,25-26,28-29H2,1-5H3,(H,49,60)(H,50,51,52). The summed E-state index contributed by atoms with van der Waals surface area (Å²) in [6.07, 6.45) is 9.86. The molecule has 3 N–H and O–H groups in total. The van der Waals surface area contributed by atoms with Crippen LogP contribution in [0.25, 0.3) is 21.8 Å². The minimum Gasteiger partial charge on any atom is -0.371 e. The van der Waals surface area contributed by atoms with Crippen LogP contribution in [0.2, 0.25) is 0 Å². The summed E-state index contributed by atoms with van der Waals surface area (Å²) in [5, 5.41) is 7.03. The van der Waals surface area contributed by atoms with E-state index in [1.807, 2.05) is 25.1 Å². The van der Waals surface area contributed by atoms with Crippen LogP contribution in [0.3, 0.4) is 0 Å². The van der Waals surface area contributed by atoms with E-state index >= 15 is 4.39 Å². The van der Waals surface area contributed by atoms with Gasteiger partial charge in [-0.2, -0.15) is 0 Å². The number of hydrogen-bond donors (Lipinski definition) is 3. The zero-order chi connectivity index (χ0) is 44.5. The lowest BCUT2D eigenvalue weighted by Crippen LogP contribution is -2.66. The van der Waals surface area contributed by atoms with Crippen LogP contribution in [0.5, 0.6) is 0 Å². The van der Waals surface area contributed by atoms with Gasteiger partial charge in [-0.05, 0) is 100 Å². The third-order valence-corrected chi connectivity index (χ3v) is 15.9. The Bertz CT molecular complexity index is 2340. The zero-order valence-electron chi connectivity index (χ0n) is 37.0. The van der Waals surface area contributed by atoms with Crippen LogP contribution >= 0.6 is 11.3 Å². The number of thiazole rings is 1. The Labute approximate surface area is 376 Å². The van der Waals surface area contributed by atoms with E-state index in [0.29, 0.717) is 58.2 Å². The van der Waals surface area contributed by atoms with Crippen molar-refractivity contribution >= 4 is 57.7 Å². The molecule has 1 saturated carbocycles. The molecule has 5 heterocycles. The molecule has 8 rings (SSSR count). The molecule has 2 aromatic carbocycles. The van der Waals surface area contributed by atoms with Gasteiger partial charge in [0.2, 0.25) is 11.9 Å². The van der Waals surface area contributed by atoms with Gasteiger partial charge in [0.05, 0.1) is 32.5 Å². The average Bonchev–Trinajstić information content (AvgIpc) is 3.71. The Kier molecular flexibility index (Phi) is 13.3. The fourth-order valence-corrected chi connectivity index (χ4v) is 11.7. The monoisotopic (exact) mass is 897 g/mol. The van der Waals surface area contributed by atoms with Crippen molar-refractivity contribution in [1.29, 1.82) is 0 Å². The number of halogens is 1. The van der Waals surface area contributed by atoms with Crippen molar-refractivity contribution in [3.05, 3.63) is 70.6 Å². The van der Waals surface area contributed by atoms with Gasteiger partial charge in [-0.3, -0.25) is 14.4 Å². The quantitative estimate of drug-likeness (QED) is 0.108. The first-order valence-electron chi connectivity index (χ1n) is 22.4. The molecule has 4 fully saturated rings. The lowest BCUT2D eigenvalue weighted by Gasteiger charge is -2.59. The predicted octanol–water partition coefficient (Wildman–Crippen LogP) is 7.54. The summed E-state index contributed by atoms with van der Waals surface area (Å²) in [6.45, 7) is 13.6. The number of likely N-dealkylation sites (tertiary alicyclic amines) is 2. The molecule has 0 radical (unpaired) electrons. The summed E-state index contributed by atoms with van der Waals surface area (Å²) in [7, 11) is 0.187. The number of nitrogens with one attached hydrogen (secondary N) is 3. The fourth-order valence-electron chi connectivity index (χ4n) is 9.74. The number of benzene rings is 2. The Hall–Kier alpha value is -4.80. The molecule has 13 nitrogen and oxygen atoms in total. The molecule has 4 aliphatic rings. The van der Waals surface area contributed by atoms with Gasteiger partial charge in [-0.1, -0.05) is 33.8 Å². The van der Waals surface area contributed by atoms with Crippen molar-refractivity contribution in [2.45, 2.75) is 96.6 Å². The van der Waals surface area contributed by atoms with Crippen molar-refractivity contribution in [1.82, 2.24) is 30.1 Å². The molecule has 2 amide bonds. The van der Waals surface area contributed by atoms with Gasteiger partial charge in [-0.25, -0.2) is 23.6 Å². The molecule has 2 aromatic heterocycles. The summed E-state index contributed by atoms with van der Waals surface area (Å²) in [5.41, 5.74) is 3.33. The second-order valence-corrected chi connectivity index (χ2v) is 21.2. The molecule has 16 heteroatoms. The third-order valence-electron chi connectivity index (χ3n) is 13.2. The number of nitrogens with zero attached hydrogens (tertiary/aromatic N) is 6. The van der Waals surface area contributed by atoms with Gasteiger partial charge in [0, 0.05) is 91.3 Å². The fraction of sp³-hybridized carbons (Fsp3) is 0.532. The van der Waals surface area contributed by atoms with Crippen LogP contribution in [0.1, 0.15) is 105 Å². The molecular weight excluding hydrogens is 838 g/mol. The van der Waals surface area contributed by atoms with E-state index in [9.17, 15) is 18.6 Å². The highest BCUT2D eigenvalue weighted by Gasteiger charge is 2.54. The maximum absolute atomic E-state index is 16.0. The number of carbonyl (C=O) groups excluding carboxylic acids is 3. The van der Waals surface area contributed by atoms with E-state index in [1.54, 1.807) is 37.5 Å². The minimum atomic E-state index is -1.39. The molecule has 336 valence electrons. The molecule has 4 aromatic rings. The SMILES string of the molecule is CCCS(=O)Nc1cccc(-c2nc(C(C)(C)C)sc2-c2ccnc(NC3CC4(C3)CN(C(=O)CC3CCN(C5CCN(c6ccc(C=O)c(C(=O)NC)c6)CC5)CC3)C4)n2)c1F. The highest BCUT2D eigenvalue weighted by molar-refractivity contribution is 7.86. The van der Waals surface area contributed by atoms with Gasteiger partial charge >= 0.3 is 0 Å². The summed E-state index contributed by atoms with van der Waals surface area (Å²) in [6, 6.07) is 13.1. The summed E-state index contributed by atoms with van der Waals surface area (Å²) < 4.78 is 31.3. The van der Waals surface area contributed by atoms with Crippen molar-refractivity contribution in [2.75, 3.05) is 67.0 Å². The molecule has 1 aliphatic carbocycles. The van der Waals surface area contributed by atoms with Crippen molar-refractivity contribution < 1.29 is 23.0 Å². The molecule has 0 bridgehead atoms. The largest absolute Gasteiger partial charge is 0.371 e. The Morgan fingerprint density at radius 1 is 1.02 bits per heavy atom. The zero-order valence-corrected chi connectivity index (χ0v) is 38.7. The number of aldehydes is 1. The van der Waals surface area contributed by atoms with E-state index in [2.05, 4.69) is 55.8 Å². The highest BCUT2D eigenvalue weighted by atomic mass is 32.2. The number of hydrogen-bond acceptors (Lipinski definition) is 11. The number of rotatable bonds is 14. The van der Waals surface area contributed by atoms with Crippen LogP contribution in [-0.4, -0.2) is 111 Å². The van der Waals surface area contributed by atoms with Crippen molar-refractivity contribution in [3.8, 4) is 21.8 Å². The predicted molar refractivity (Wildman–Crippen MR) is 249 cm³/mol. The van der Waals surface area contributed by atoms with E-state index in [0.717, 1.165) is 106 Å². The van der Waals surface area contributed by atoms with Gasteiger partial charge < -0.3 is 30.1 Å². The minimum absolute atomic E-state index is 0.146. The third kappa shape index (κ3) is 9.82. The highest BCUT2D eigenvalue weighted by Crippen LogP contribution is 2.50.